The highest BCUT2D eigenvalue weighted by molar-refractivity contribution is 5.74. The van der Waals surface area contributed by atoms with Gasteiger partial charge in [0.05, 0.1) is 6.54 Å². The van der Waals surface area contributed by atoms with E-state index in [1.54, 1.807) is 0 Å². The van der Waals surface area contributed by atoms with E-state index in [-0.39, 0.29) is 12.5 Å². The Labute approximate surface area is 95.9 Å². The molecule has 1 aliphatic rings. The lowest BCUT2D eigenvalue weighted by atomic mass is 10.1. The maximum Gasteiger partial charge on any atom is 0.283 e. The Balaban J connectivity index is 2.46. The zero-order valence-electron chi connectivity index (χ0n) is 9.69. The number of carbonyl (C=O) groups excluding carboxylic acids is 1. The maximum absolute atomic E-state index is 11.6. The molecule has 0 aromatic rings. The average Bonchev–Trinajstić information content (AvgIpc) is 2.22. The Bertz CT molecular complexity index is 243. The monoisotopic (exact) mass is 228 g/mol. The van der Waals surface area contributed by atoms with Crippen LogP contribution in [-0.4, -0.2) is 22.5 Å². The molecule has 0 saturated carbocycles. The van der Waals surface area contributed by atoms with E-state index in [0.29, 0.717) is 6.42 Å². The van der Waals surface area contributed by atoms with E-state index in [1.165, 1.54) is 12.8 Å². The molecule has 5 heteroatoms. The van der Waals surface area contributed by atoms with E-state index in [4.69, 9.17) is 0 Å². The van der Waals surface area contributed by atoms with E-state index in [9.17, 15) is 14.9 Å². The third kappa shape index (κ3) is 4.59. The zero-order chi connectivity index (χ0) is 11.8. The van der Waals surface area contributed by atoms with Crippen molar-refractivity contribution in [3.05, 3.63) is 10.1 Å². The van der Waals surface area contributed by atoms with Crippen molar-refractivity contribution in [2.45, 2.75) is 57.8 Å². The van der Waals surface area contributed by atoms with Gasteiger partial charge in [0.2, 0.25) is 0 Å². The number of carbonyl (C=O) groups is 1. The Morgan fingerprint density at radius 1 is 0.938 bits per heavy atom. The molecule has 0 atom stereocenters. The number of rotatable bonds is 1. The van der Waals surface area contributed by atoms with Gasteiger partial charge in [-0.1, -0.05) is 43.5 Å². The molecule has 0 N–H and O–H groups in total. The van der Waals surface area contributed by atoms with Gasteiger partial charge in [-0.05, 0) is 12.8 Å². The molecule has 0 aliphatic carbocycles. The van der Waals surface area contributed by atoms with Crippen LogP contribution in [0.15, 0.2) is 0 Å². The number of nitrogens with zero attached hydrogens (tertiary/aromatic N) is 2. The van der Waals surface area contributed by atoms with Crippen molar-refractivity contribution in [1.29, 1.82) is 0 Å². The summed E-state index contributed by atoms with van der Waals surface area (Å²) in [5.41, 5.74) is 0. The van der Waals surface area contributed by atoms with E-state index in [1.807, 2.05) is 0 Å². The number of amides is 1. The SMILES string of the molecule is O=C1CCCCCCCCCCN1[N+](=O)[O-]. The van der Waals surface area contributed by atoms with Crippen LogP contribution in [0.5, 0.6) is 0 Å². The molecule has 0 spiro atoms. The van der Waals surface area contributed by atoms with Gasteiger partial charge in [-0.2, -0.15) is 0 Å². The molecule has 0 aromatic heterocycles. The number of nitro groups is 1. The summed E-state index contributed by atoms with van der Waals surface area (Å²) in [6.07, 6.45) is 8.55. The first-order valence-corrected chi connectivity index (χ1v) is 6.16. The van der Waals surface area contributed by atoms with Crippen molar-refractivity contribution in [3.8, 4) is 0 Å². The topological polar surface area (TPSA) is 63.5 Å². The van der Waals surface area contributed by atoms with E-state index in [2.05, 4.69) is 0 Å². The molecule has 92 valence electrons. The molecule has 16 heavy (non-hydrogen) atoms. The molecule has 0 radical (unpaired) electrons. The van der Waals surface area contributed by atoms with Crippen LogP contribution >= 0.6 is 0 Å². The summed E-state index contributed by atoms with van der Waals surface area (Å²) in [6, 6.07) is 0. The highest BCUT2D eigenvalue weighted by Gasteiger charge is 2.22. The predicted octanol–water partition coefficient (Wildman–Crippen LogP) is 2.53. The molecule has 5 nitrogen and oxygen atoms in total. The van der Waals surface area contributed by atoms with Gasteiger partial charge in [-0.25, -0.2) is 10.1 Å². The molecule has 0 aromatic carbocycles. The van der Waals surface area contributed by atoms with Crippen LogP contribution in [0.4, 0.5) is 0 Å². The van der Waals surface area contributed by atoms with Crippen LogP contribution in [0, 0.1) is 10.1 Å². The average molecular weight is 228 g/mol. The van der Waals surface area contributed by atoms with Crippen LogP contribution in [0.2, 0.25) is 0 Å². The van der Waals surface area contributed by atoms with Gasteiger partial charge in [-0.15, -0.1) is 0 Å². The minimum absolute atomic E-state index is 0.270. The lowest BCUT2D eigenvalue weighted by molar-refractivity contribution is -0.634. The van der Waals surface area contributed by atoms with Crippen molar-refractivity contribution < 1.29 is 9.83 Å². The van der Waals surface area contributed by atoms with Crippen molar-refractivity contribution in [2.24, 2.45) is 0 Å². The Hall–Kier alpha value is -1.13. The number of hydrogen-bond acceptors (Lipinski definition) is 3. The van der Waals surface area contributed by atoms with Gasteiger partial charge in [0.1, 0.15) is 0 Å². The van der Waals surface area contributed by atoms with Gasteiger partial charge in [-0.3, -0.25) is 4.79 Å². The molecule has 1 saturated heterocycles. The third-order valence-corrected chi connectivity index (χ3v) is 3.00. The zero-order valence-corrected chi connectivity index (χ0v) is 9.69. The number of hydrazine groups is 1. The smallest absolute Gasteiger partial charge is 0.269 e. The van der Waals surface area contributed by atoms with E-state index in [0.717, 1.165) is 43.5 Å². The summed E-state index contributed by atoms with van der Waals surface area (Å²) < 4.78 is 0. The van der Waals surface area contributed by atoms with Crippen LogP contribution in [-0.2, 0) is 4.79 Å². The summed E-state index contributed by atoms with van der Waals surface area (Å²) >= 11 is 0. The lowest BCUT2D eigenvalue weighted by Crippen LogP contribution is -2.36. The minimum atomic E-state index is -0.561. The Morgan fingerprint density at radius 3 is 2.00 bits per heavy atom. The van der Waals surface area contributed by atoms with Crippen molar-refractivity contribution in [1.82, 2.24) is 5.01 Å². The van der Waals surface area contributed by atoms with Crippen LogP contribution in [0.3, 0.4) is 0 Å². The summed E-state index contributed by atoms with van der Waals surface area (Å²) in [5, 5.41) is 10.9. The molecule has 0 bridgehead atoms. The summed E-state index contributed by atoms with van der Waals surface area (Å²) in [5.74, 6) is -0.328. The van der Waals surface area contributed by atoms with E-state index < -0.39 is 5.03 Å². The Kier molecular flexibility index (Phi) is 5.82. The largest absolute Gasteiger partial charge is 0.283 e. The fraction of sp³-hybridized carbons (Fsp3) is 0.909. The quantitative estimate of drug-likeness (QED) is 0.511. The normalized spacial score (nSPS) is 21.0. The summed E-state index contributed by atoms with van der Waals surface area (Å²) in [4.78, 5) is 22.2. The van der Waals surface area contributed by atoms with Crippen LogP contribution in [0.1, 0.15) is 57.8 Å². The first-order valence-electron chi connectivity index (χ1n) is 6.16. The van der Waals surface area contributed by atoms with Gasteiger partial charge < -0.3 is 0 Å². The second-order valence-corrected chi connectivity index (χ2v) is 4.33. The molecular formula is C11H20N2O3. The van der Waals surface area contributed by atoms with Gasteiger partial charge in [0.15, 0.2) is 5.03 Å². The summed E-state index contributed by atoms with van der Waals surface area (Å²) in [6.45, 7) is 0.270. The van der Waals surface area contributed by atoms with Crippen molar-refractivity contribution >= 4 is 5.91 Å². The maximum atomic E-state index is 11.6. The molecule has 0 unspecified atom stereocenters. The summed E-state index contributed by atoms with van der Waals surface area (Å²) in [7, 11) is 0. The molecule has 1 fully saturated rings. The van der Waals surface area contributed by atoms with Gasteiger partial charge >= 0.3 is 0 Å². The Morgan fingerprint density at radius 2 is 1.44 bits per heavy atom. The molecule has 1 amide bonds. The lowest BCUT2D eigenvalue weighted by Gasteiger charge is -2.13. The fourth-order valence-electron chi connectivity index (χ4n) is 2.02. The highest BCUT2D eigenvalue weighted by atomic mass is 16.7. The first-order chi connectivity index (χ1) is 7.72. The van der Waals surface area contributed by atoms with Gasteiger partial charge in [0.25, 0.3) is 5.91 Å². The van der Waals surface area contributed by atoms with Crippen molar-refractivity contribution in [2.75, 3.05) is 6.54 Å². The van der Waals surface area contributed by atoms with Crippen molar-refractivity contribution in [3.63, 3.8) is 0 Å². The standard InChI is InChI=1S/C11H20N2O3/c14-11-9-7-5-3-1-2-4-6-8-10-12(11)13(15)16/h1-10H2. The van der Waals surface area contributed by atoms with E-state index >= 15 is 0 Å². The number of hydrogen-bond donors (Lipinski definition) is 0. The molecular weight excluding hydrogens is 208 g/mol. The highest BCUT2D eigenvalue weighted by Crippen LogP contribution is 2.13. The first kappa shape index (κ1) is 12.9. The molecule has 1 heterocycles. The molecule has 1 aliphatic heterocycles. The second kappa shape index (κ2) is 7.19. The predicted molar refractivity (Wildman–Crippen MR) is 60.3 cm³/mol. The molecule has 1 rings (SSSR count). The third-order valence-electron chi connectivity index (χ3n) is 3.00. The minimum Gasteiger partial charge on any atom is -0.269 e. The van der Waals surface area contributed by atoms with Gasteiger partial charge in [0, 0.05) is 6.42 Å². The van der Waals surface area contributed by atoms with Crippen LogP contribution in [0.25, 0.3) is 0 Å². The second-order valence-electron chi connectivity index (χ2n) is 4.33. The fourth-order valence-corrected chi connectivity index (χ4v) is 2.02. The van der Waals surface area contributed by atoms with Crippen LogP contribution < -0.4 is 0 Å².